The van der Waals surface area contributed by atoms with Gasteiger partial charge in [-0.05, 0) is 56.2 Å². The van der Waals surface area contributed by atoms with E-state index in [1.165, 1.54) is 12.1 Å². The van der Waals surface area contributed by atoms with Crippen LogP contribution in [-0.2, 0) is 4.79 Å². The molecule has 0 saturated carbocycles. The zero-order valence-corrected chi connectivity index (χ0v) is 13.7. The van der Waals surface area contributed by atoms with Crippen molar-refractivity contribution in [2.24, 2.45) is 0 Å². The summed E-state index contributed by atoms with van der Waals surface area (Å²) in [5.74, 6) is -0.753. The second-order valence-electron chi connectivity index (χ2n) is 6.10. The lowest BCUT2D eigenvalue weighted by Crippen LogP contribution is -2.41. The molecular formula is C19H19FN2O2. The van der Waals surface area contributed by atoms with Crippen LogP contribution < -0.4 is 10.2 Å². The lowest BCUT2D eigenvalue weighted by molar-refractivity contribution is -0.118. The van der Waals surface area contributed by atoms with Gasteiger partial charge in [-0.3, -0.25) is 9.59 Å². The van der Waals surface area contributed by atoms with Gasteiger partial charge in [-0.15, -0.1) is 0 Å². The Hall–Kier alpha value is -2.69. The van der Waals surface area contributed by atoms with Crippen molar-refractivity contribution in [2.45, 2.75) is 26.3 Å². The highest BCUT2D eigenvalue weighted by atomic mass is 19.1. The molecule has 1 N–H and O–H groups in total. The van der Waals surface area contributed by atoms with Gasteiger partial charge in [0, 0.05) is 17.8 Å². The lowest BCUT2D eigenvalue weighted by Gasteiger charge is -2.17. The summed E-state index contributed by atoms with van der Waals surface area (Å²) < 4.78 is 13.0. The molecule has 0 aliphatic carbocycles. The topological polar surface area (TPSA) is 49.4 Å². The smallest absolute Gasteiger partial charge is 0.252 e. The number of amides is 2. The van der Waals surface area contributed by atoms with Crippen LogP contribution in [0, 0.1) is 19.7 Å². The zero-order valence-electron chi connectivity index (χ0n) is 13.7. The number of carbonyl (C=O) groups excluding carboxylic acids is 2. The van der Waals surface area contributed by atoms with Crippen LogP contribution in [0.4, 0.5) is 10.1 Å². The molecule has 5 heteroatoms. The molecule has 0 unspecified atom stereocenters. The second-order valence-corrected chi connectivity index (χ2v) is 6.10. The lowest BCUT2D eigenvalue weighted by atomic mass is 10.0. The number of rotatable bonds is 3. The molecule has 2 amide bonds. The van der Waals surface area contributed by atoms with Gasteiger partial charge in [0.05, 0.1) is 0 Å². The average Bonchev–Trinajstić information content (AvgIpc) is 2.89. The number of halogens is 1. The Morgan fingerprint density at radius 3 is 2.54 bits per heavy atom. The Bertz CT molecular complexity index is 786. The third kappa shape index (κ3) is 3.15. The molecule has 1 fully saturated rings. The zero-order chi connectivity index (χ0) is 17.3. The van der Waals surface area contributed by atoms with E-state index in [1.54, 1.807) is 23.1 Å². The van der Waals surface area contributed by atoms with Crippen molar-refractivity contribution >= 4 is 17.5 Å². The standard InChI is InChI=1S/C19H19FN2O2/c1-12-3-8-16(13(2)11-12)18(23)21-17-9-10-22(19(17)24)15-6-4-14(20)5-7-15/h3-8,11,17H,9-10H2,1-2H3,(H,21,23)/t17-/m0/s1. The molecule has 0 aromatic heterocycles. The van der Waals surface area contributed by atoms with E-state index in [0.29, 0.717) is 24.2 Å². The molecule has 1 aliphatic rings. The maximum atomic E-state index is 13.0. The SMILES string of the molecule is Cc1ccc(C(=O)N[C@H]2CCN(c3ccc(F)cc3)C2=O)c(C)c1. The molecule has 1 saturated heterocycles. The highest BCUT2D eigenvalue weighted by Crippen LogP contribution is 2.22. The van der Waals surface area contributed by atoms with Gasteiger partial charge in [0.1, 0.15) is 11.9 Å². The van der Waals surface area contributed by atoms with Gasteiger partial charge < -0.3 is 10.2 Å². The average molecular weight is 326 g/mol. The van der Waals surface area contributed by atoms with Gasteiger partial charge in [-0.1, -0.05) is 17.7 Å². The summed E-state index contributed by atoms with van der Waals surface area (Å²) in [4.78, 5) is 26.5. The first-order valence-electron chi connectivity index (χ1n) is 7.91. The molecule has 1 heterocycles. The molecule has 4 nitrogen and oxygen atoms in total. The molecule has 2 aromatic rings. The fourth-order valence-electron chi connectivity index (χ4n) is 3.00. The van der Waals surface area contributed by atoms with Gasteiger partial charge >= 0.3 is 0 Å². The fourth-order valence-corrected chi connectivity index (χ4v) is 3.00. The number of carbonyl (C=O) groups is 2. The molecular weight excluding hydrogens is 307 g/mol. The predicted octanol–water partition coefficient (Wildman–Crippen LogP) is 2.98. The highest BCUT2D eigenvalue weighted by molar-refractivity contribution is 6.04. The highest BCUT2D eigenvalue weighted by Gasteiger charge is 2.33. The summed E-state index contributed by atoms with van der Waals surface area (Å²) in [7, 11) is 0. The number of nitrogens with zero attached hydrogens (tertiary/aromatic N) is 1. The van der Waals surface area contributed by atoms with Crippen molar-refractivity contribution < 1.29 is 14.0 Å². The Balaban J connectivity index is 1.71. The monoisotopic (exact) mass is 326 g/mol. The third-order valence-electron chi connectivity index (χ3n) is 4.28. The molecule has 0 bridgehead atoms. The van der Waals surface area contributed by atoms with E-state index in [1.807, 2.05) is 26.0 Å². The molecule has 124 valence electrons. The largest absolute Gasteiger partial charge is 0.340 e. The van der Waals surface area contributed by atoms with Crippen molar-refractivity contribution in [3.8, 4) is 0 Å². The van der Waals surface area contributed by atoms with E-state index in [0.717, 1.165) is 11.1 Å². The third-order valence-corrected chi connectivity index (χ3v) is 4.28. The Labute approximate surface area is 140 Å². The summed E-state index contributed by atoms with van der Waals surface area (Å²) in [6.07, 6.45) is 0.535. The summed E-state index contributed by atoms with van der Waals surface area (Å²) in [6.45, 7) is 4.35. The van der Waals surface area contributed by atoms with Crippen molar-refractivity contribution in [3.63, 3.8) is 0 Å². The van der Waals surface area contributed by atoms with Crippen LogP contribution >= 0.6 is 0 Å². The summed E-state index contributed by atoms with van der Waals surface area (Å²) in [6, 6.07) is 10.8. The van der Waals surface area contributed by atoms with Crippen LogP contribution in [0.2, 0.25) is 0 Å². The minimum absolute atomic E-state index is 0.167. The van der Waals surface area contributed by atoms with E-state index in [2.05, 4.69) is 5.32 Å². The number of hydrogen-bond donors (Lipinski definition) is 1. The normalized spacial score (nSPS) is 17.2. The molecule has 3 rings (SSSR count). The van der Waals surface area contributed by atoms with E-state index < -0.39 is 6.04 Å². The first-order valence-corrected chi connectivity index (χ1v) is 7.91. The number of hydrogen-bond acceptors (Lipinski definition) is 2. The number of benzene rings is 2. The Morgan fingerprint density at radius 1 is 1.17 bits per heavy atom. The van der Waals surface area contributed by atoms with Crippen LogP contribution in [0.5, 0.6) is 0 Å². The van der Waals surface area contributed by atoms with Crippen molar-refractivity contribution in [1.82, 2.24) is 5.32 Å². The minimum atomic E-state index is -0.553. The second kappa shape index (κ2) is 6.43. The van der Waals surface area contributed by atoms with E-state index >= 15 is 0 Å². The molecule has 0 radical (unpaired) electrons. The van der Waals surface area contributed by atoms with Gasteiger partial charge in [0.15, 0.2) is 0 Å². The Morgan fingerprint density at radius 2 is 1.88 bits per heavy atom. The molecule has 0 spiro atoms. The van der Waals surface area contributed by atoms with Gasteiger partial charge in [0.2, 0.25) is 5.91 Å². The van der Waals surface area contributed by atoms with E-state index in [9.17, 15) is 14.0 Å². The van der Waals surface area contributed by atoms with Crippen molar-refractivity contribution in [1.29, 1.82) is 0 Å². The van der Waals surface area contributed by atoms with Crippen LogP contribution in [0.15, 0.2) is 42.5 Å². The number of anilines is 1. The van der Waals surface area contributed by atoms with Gasteiger partial charge in [0.25, 0.3) is 5.91 Å². The number of nitrogens with one attached hydrogen (secondary N) is 1. The van der Waals surface area contributed by atoms with Crippen LogP contribution in [-0.4, -0.2) is 24.4 Å². The van der Waals surface area contributed by atoms with Crippen molar-refractivity contribution in [2.75, 3.05) is 11.4 Å². The quantitative estimate of drug-likeness (QED) is 0.943. The van der Waals surface area contributed by atoms with Gasteiger partial charge in [-0.2, -0.15) is 0 Å². The van der Waals surface area contributed by atoms with Crippen LogP contribution in [0.25, 0.3) is 0 Å². The first-order chi connectivity index (χ1) is 11.5. The van der Waals surface area contributed by atoms with Crippen LogP contribution in [0.1, 0.15) is 27.9 Å². The summed E-state index contributed by atoms with van der Waals surface area (Å²) >= 11 is 0. The van der Waals surface area contributed by atoms with E-state index in [4.69, 9.17) is 0 Å². The van der Waals surface area contributed by atoms with Gasteiger partial charge in [-0.25, -0.2) is 4.39 Å². The Kier molecular flexibility index (Phi) is 4.34. The van der Waals surface area contributed by atoms with Crippen LogP contribution in [0.3, 0.4) is 0 Å². The van der Waals surface area contributed by atoms with E-state index in [-0.39, 0.29) is 17.6 Å². The predicted molar refractivity (Wildman–Crippen MR) is 90.5 cm³/mol. The molecule has 1 aliphatic heterocycles. The summed E-state index contributed by atoms with van der Waals surface area (Å²) in [5, 5.41) is 2.81. The maximum Gasteiger partial charge on any atom is 0.252 e. The molecule has 1 atom stereocenters. The minimum Gasteiger partial charge on any atom is -0.340 e. The molecule has 2 aromatic carbocycles. The van der Waals surface area contributed by atoms with Crippen molar-refractivity contribution in [3.05, 3.63) is 65.0 Å². The number of aryl methyl sites for hydroxylation is 2. The summed E-state index contributed by atoms with van der Waals surface area (Å²) in [5.41, 5.74) is 3.19. The first kappa shape index (κ1) is 16.2. The molecule has 24 heavy (non-hydrogen) atoms. The maximum absolute atomic E-state index is 13.0. The fraction of sp³-hybridized carbons (Fsp3) is 0.263.